The number of benzene rings is 1. The maximum Gasteiger partial charge on any atom is 0.0486 e. The minimum atomic E-state index is 0.724. The molecule has 3 rings (SSSR count). The standard InChI is InChI=1S/C13H16BrN/c14-11-3-1-2-4-12(11)15-13-8-9-5-6-10(13)7-9/h1-4,9-10,13,15H,5-8H2. The number of halogens is 1. The molecule has 1 aromatic carbocycles. The number of hydrogen-bond acceptors (Lipinski definition) is 1. The lowest BCUT2D eigenvalue weighted by Gasteiger charge is -2.24. The van der Waals surface area contributed by atoms with Gasteiger partial charge in [0.15, 0.2) is 0 Å². The summed E-state index contributed by atoms with van der Waals surface area (Å²) in [5, 5.41) is 3.69. The van der Waals surface area contributed by atoms with Gasteiger partial charge in [0.25, 0.3) is 0 Å². The van der Waals surface area contributed by atoms with Crippen molar-refractivity contribution in [3.8, 4) is 0 Å². The van der Waals surface area contributed by atoms with Crippen LogP contribution in [0.2, 0.25) is 0 Å². The summed E-state index contributed by atoms with van der Waals surface area (Å²) in [7, 11) is 0. The second-order valence-corrected chi connectivity index (χ2v) is 5.76. The van der Waals surface area contributed by atoms with Crippen LogP contribution in [0.5, 0.6) is 0 Å². The van der Waals surface area contributed by atoms with Gasteiger partial charge in [-0.15, -0.1) is 0 Å². The molecule has 0 amide bonds. The molecule has 3 atom stereocenters. The van der Waals surface area contributed by atoms with E-state index in [-0.39, 0.29) is 0 Å². The molecule has 2 saturated carbocycles. The smallest absolute Gasteiger partial charge is 0.0486 e. The molecule has 0 aliphatic heterocycles. The molecular weight excluding hydrogens is 250 g/mol. The molecule has 0 heterocycles. The van der Waals surface area contributed by atoms with Crippen molar-refractivity contribution in [3.05, 3.63) is 28.7 Å². The predicted octanol–water partition coefficient (Wildman–Crippen LogP) is 4.05. The number of anilines is 1. The van der Waals surface area contributed by atoms with Crippen LogP contribution < -0.4 is 5.32 Å². The third kappa shape index (κ3) is 1.80. The molecule has 0 aromatic heterocycles. The Kier molecular flexibility index (Phi) is 2.47. The molecule has 0 spiro atoms. The number of hydrogen-bond donors (Lipinski definition) is 1. The van der Waals surface area contributed by atoms with Gasteiger partial charge < -0.3 is 5.32 Å². The molecule has 1 N–H and O–H groups in total. The van der Waals surface area contributed by atoms with Gasteiger partial charge in [-0.1, -0.05) is 18.6 Å². The Morgan fingerprint density at radius 1 is 1.13 bits per heavy atom. The maximum atomic E-state index is 3.69. The minimum Gasteiger partial charge on any atom is -0.381 e. The van der Waals surface area contributed by atoms with Crippen molar-refractivity contribution in [2.75, 3.05) is 5.32 Å². The van der Waals surface area contributed by atoms with Crippen LogP contribution in [-0.2, 0) is 0 Å². The van der Waals surface area contributed by atoms with Crippen molar-refractivity contribution in [1.29, 1.82) is 0 Å². The normalized spacial score (nSPS) is 33.3. The summed E-state index contributed by atoms with van der Waals surface area (Å²) in [4.78, 5) is 0. The zero-order chi connectivity index (χ0) is 10.3. The summed E-state index contributed by atoms with van der Waals surface area (Å²) in [6.45, 7) is 0. The van der Waals surface area contributed by atoms with Gasteiger partial charge in [-0.2, -0.15) is 0 Å². The van der Waals surface area contributed by atoms with Gasteiger partial charge in [-0.25, -0.2) is 0 Å². The van der Waals surface area contributed by atoms with E-state index < -0.39 is 0 Å². The average Bonchev–Trinajstić information content (AvgIpc) is 2.83. The SMILES string of the molecule is Brc1ccccc1NC1CC2CCC1C2. The Labute approximate surface area is 99.4 Å². The van der Waals surface area contributed by atoms with E-state index in [4.69, 9.17) is 0 Å². The topological polar surface area (TPSA) is 12.0 Å². The quantitative estimate of drug-likeness (QED) is 0.851. The largest absolute Gasteiger partial charge is 0.381 e. The first-order chi connectivity index (χ1) is 7.33. The highest BCUT2D eigenvalue weighted by atomic mass is 79.9. The van der Waals surface area contributed by atoms with Crippen LogP contribution in [0, 0.1) is 11.8 Å². The van der Waals surface area contributed by atoms with Crippen molar-refractivity contribution in [3.63, 3.8) is 0 Å². The third-order valence-corrected chi connectivity index (χ3v) is 4.64. The highest BCUT2D eigenvalue weighted by Crippen LogP contribution is 2.45. The molecule has 1 nitrogen and oxygen atoms in total. The van der Waals surface area contributed by atoms with Crippen molar-refractivity contribution in [2.24, 2.45) is 11.8 Å². The lowest BCUT2D eigenvalue weighted by molar-refractivity contribution is 0.439. The first-order valence-electron chi connectivity index (χ1n) is 5.84. The molecule has 0 radical (unpaired) electrons. The van der Waals surface area contributed by atoms with Crippen molar-refractivity contribution >= 4 is 21.6 Å². The molecule has 80 valence electrons. The van der Waals surface area contributed by atoms with Crippen molar-refractivity contribution in [1.82, 2.24) is 0 Å². The van der Waals surface area contributed by atoms with E-state index >= 15 is 0 Å². The molecule has 3 unspecified atom stereocenters. The van der Waals surface area contributed by atoms with Crippen molar-refractivity contribution in [2.45, 2.75) is 31.7 Å². The zero-order valence-electron chi connectivity index (χ0n) is 8.75. The molecule has 1 aromatic rings. The molecular formula is C13H16BrN. The summed E-state index contributed by atoms with van der Waals surface area (Å²) in [5.41, 5.74) is 1.26. The van der Waals surface area contributed by atoms with Crippen LogP contribution >= 0.6 is 15.9 Å². The van der Waals surface area contributed by atoms with Gasteiger partial charge in [0, 0.05) is 16.2 Å². The fraction of sp³-hybridized carbons (Fsp3) is 0.538. The van der Waals surface area contributed by atoms with Gasteiger partial charge >= 0.3 is 0 Å². The zero-order valence-corrected chi connectivity index (χ0v) is 10.3. The van der Waals surface area contributed by atoms with E-state index in [0.29, 0.717) is 0 Å². The highest BCUT2D eigenvalue weighted by Gasteiger charge is 2.39. The van der Waals surface area contributed by atoms with Crippen LogP contribution in [0.1, 0.15) is 25.7 Å². The molecule has 0 saturated heterocycles. The van der Waals surface area contributed by atoms with Gasteiger partial charge in [-0.05, 0) is 59.2 Å². The lowest BCUT2D eigenvalue weighted by atomic mass is 9.95. The highest BCUT2D eigenvalue weighted by molar-refractivity contribution is 9.10. The summed E-state index contributed by atoms with van der Waals surface area (Å²) >= 11 is 3.59. The summed E-state index contributed by atoms with van der Waals surface area (Å²) < 4.78 is 1.19. The van der Waals surface area contributed by atoms with E-state index in [1.165, 1.54) is 35.8 Å². The Morgan fingerprint density at radius 2 is 2.00 bits per heavy atom. The monoisotopic (exact) mass is 265 g/mol. The number of rotatable bonds is 2. The second-order valence-electron chi connectivity index (χ2n) is 4.91. The Bertz CT molecular complexity index is 363. The third-order valence-electron chi connectivity index (χ3n) is 3.95. The fourth-order valence-electron chi connectivity index (χ4n) is 3.20. The van der Waals surface area contributed by atoms with E-state index in [0.717, 1.165) is 17.9 Å². The fourth-order valence-corrected chi connectivity index (χ4v) is 3.60. The first-order valence-corrected chi connectivity index (χ1v) is 6.63. The number of para-hydroxylation sites is 1. The molecule has 2 fully saturated rings. The Balaban J connectivity index is 1.73. The summed E-state index contributed by atoms with van der Waals surface area (Å²) in [5.74, 6) is 1.94. The lowest BCUT2D eigenvalue weighted by Crippen LogP contribution is -2.25. The van der Waals surface area contributed by atoms with Crippen LogP contribution in [0.4, 0.5) is 5.69 Å². The summed E-state index contributed by atoms with van der Waals surface area (Å²) in [6.07, 6.45) is 5.75. The van der Waals surface area contributed by atoms with Crippen molar-refractivity contribution < 1.29 is 0 Å². The predicted molar refractivity (Wildman–Crippen MR) is 67.0 cm³/mol. The van der Waals surface area contributed by atoms with Gasteiger partial charge in [0.1, 0.15) is 0 Å². The van der Waals surface area contributed by atoms with Crippen LogP contribution in [-0.4, -0.2) is 6.04 Å². The molecule has 2 heteroatoms. The Morgan fingerprint density at radius 3 is 2.67 bits per heavy atom. The minimum absolute atomic E-state index is 0.724. The molecule has 2 bridgehead atoms. The van der Waals surface area contributed by atoms with Crippen LogP contribution in [0.15, 0.2) is 28.7 Å². The number of nitrogens with one attached hydrogen (secondary N) is 1. The van der Waals surface area contributed by atoms with Gasteiger partial charge in [0.05, 0.1) is 0 Å². The van der Waals surface area contributed by atoms with E-state index in [1.54, 1.807) is 0 Å². The second kappa shape index (κ2) is 3.82. The molecule has 2 aliphatic rings. The maximum absolute atomic E-state index is 3.69. The first kappa shape index (κ1) is 9.71. The van der Waals surface area contributed by atoms with Gasteiger partial charge in [0.2, 0.25) is 0 Å². The molecule has 2 aliphatic carbocycles. The Hall–Kier alpha value is -0.500. The van der Waals surface area contributed by atoms with Crippen LogP contribution in [0.3, 0.4) is 0 Å². The van der Waals surface area contributed by atoms with Gasteiger partial charge in [-0.3, -0.25) is 0 Å². The number of fused-ring (bicyclic) bond motifs is 2. The molecule has 15 heavy (non-hydrogen) atoms. The summed E-state index contributed by atoms with van der Waals surface area (Å²) in [6, 6.07) is 9.16. The van der Waals surface area contributed by atoms with E-state index in [1.807, 2.05) is 0 Å². The van der Waals surface area contributed by atoms with Crippen LogP contribution in [0.25, 0.3) is 0 Å². The van der Waals surface area contributed by atoms with E-state index in [9.17, 15) is 0 Å². The average molecular weight is 266 g/mol. The van der Waals surface area contributed by atoms with E-state index in [2.05, 4.69) is 45.5 Å².